The number of nitrogens with zero attached hydrogens (tertiary/aromatic N) is 3. The Morgan fingerprint density at radius 3 is 2.78 bits per heavy atom. The first-order valence-electron chi connectivity index (χ1n) is 5.69. The van der Waals surface area contributed by atoms with Crippen LogP contribution in [0.1, 0.15) is 11.4 Å². The van der Waals surface area contributed by atoms with Crippen LogP contribution in [-0.2, 0) is 26.7 Å². The standard InChI is InChI=1S/C12H17FN4.ClH/c1-16-6-2-3-12(16)10-14-9-11-4-7-17(15-11)8-5-13;/h2-4,6-7,14H,5,8-10H2,1H3;1H. The number of hydrogen-bond acceptors (Lipinski definition) is 2. The minimum absolute atomic E-state index is 0. The van der Waals surface area contributed by atoms with Crippen LogP contribution in [0.5, 0.6) is 0 Å². The van der Waals surface area contributed by atoms with E-state index >= 15 is 0 Å². The second kappa shape index (κ2) is 7.18. The van der Waals surface area contributed by atoms with Crippen LogP contribution in [0.4, 0.5) is 4.39 Å². The van der Waals surface area contributed by atoms with Gasteiger partial charge < -0.3 is 9.88 Å². The molecule has 0 aliphatic carbocycles. The summed E-state index contributed by atoms with van der Waals surface area (Å²) in [7, 11) is 2.02. The van der Waals surface area contributed by atoms with E-state index in [4.69, 9.17) is 0 Å². The summed E-state index contributed by atoms with van der Waals surface area (Å²) in [6, 6.07) is 6.01. The van der Waals surface area contributed by atoms with E-state index in [2.05, 4.69) is 21.0 Å². The molecule has 0 amide bonds. The van der Waals surface area contributed by atoms with Gasteiger partial charge in [0.1, 0.15) is 6.67 Å². The monoisotopic (exact) mass is 272 g/mol. The molecule has 2 heterocycles. The molecule has 0 saturated heterocycles. The third-order valence-corrected chi connectivity index (χ3v) is 2.67. The highest BCUT2D eigenvalue weighted by atomic mass is 35.5. The summed E-state index contributed by atoms with van der Waals surface area (Å²) in [6.07, 6.45) is 3.83. The predicted molar refractivity (Wildman–Crippen MR) is 71.4 cm³/mol. The van der Waals surface area contributed by atoms with Crippen LogP contribution in [0.3, 0.4) is 0 Å². The van der Waals surface area contributed by atoms with E-state index in [9.17, 15) is 4.39 Å². The number of alkyl halides is 1. The lowest BCUT2D eigenvalue weighted by atomic mass is 10.4. The number of halogens is 2. The number of hydrogen-bond donors (Lipinski definition) is 1. The van der Waals surface area contributed by atoms with E-state index in [1.54, 1.807) is 10.9 Å². The van der Waals surface area contributed by atoms with Crippen molar-refractivity contribution < 1.29 is 4.39 Å². The van der Waals surface area contributed by atoms with Crippen LogP contribution in [-0.4, -0.2) is 21.0 Å². The van der Waals surface area contributed by atoms with Gasteiger partial charge in [-0.15, -0.1) is 12.4 Å². The van der Waals surface area contributed by atoms with Gasteiger partial charge in [-0.1, -0.05) is 0 Å². The van der Waals surface area contributed by atoms with E-state index in [1.807, 2.05) is 25.4 Å². The summed E-state index contributed by atoms with van der Waals surface area (Å²) in [6.45, 7) is 1.46. The largest absolute Gasteiger partial charge is 0.353 e. The molecule has 1 N–H and O–H groups in total. The Morgan fingerprint density at radius 1 is 1.28 bits per heavy atom. The van der Waals surface area contributed by atoms with Gasteiger partial charge >= 0.3 is 0 Å². The molecular weight excluding hydrogens is 255 g/mol. The molecule has 18 heavy (non-hydrogen) atoms. The lowest BCUT2D eigenvalue weighted by molar-refractivity contribution is 0.425. The van der Waals surface area contributed by atoms with Crippen molar-refractivity contribution in [3.63, 3.8) is 0 Å². The average molecular weight is 273 g/mol. The first-order valence-corrected chi connectivity index (χ1v) is 5.69. The smallest absolute Gasteiger partial charge is 0.109 e. The molecule has 4 nitrogen and oxygen atoms in total. The Labute approximate surface area is 112 Å². The highest BCUT2D eigenvalue weighted by molar-refractivity contribution is 5.85. The maximum atomic E-state index is 12.1. The van der Waals surface area contributed by atoms with Crippen LogP contribution in [0.2, 0.25) is 0 Å². The van der Waals surface area contributed by atoms with Gasteiger partial charge in [-0.3, -0.25) is 4.68 Å². The third-order valence-electron chi connectivity index (χ3n) is 2.67. The molecule has 100 valence electrons. The Kier molecular flexibility index (Phi) is 5.88. The zero-order valence-corrected chi connectivity index (χ0v) is 11.2. The van der Waals surface area contributed by atoms with Crippen LogP contribution in [0.15, 0.2) is 30.6 Å². The molecule has 0 atom stereocenters. The van der Waals surface area contributed by atoms with Gasteiger partial charge in [-0.25, -0.2) is 4.39 Å². The van der Waals surface area contributed by atoms with Crippen molar-refractivity contribution in [2.75, 3.05) is 6.67 Å². The third kappa shape index (κ3) is 3.85. The Morgan fingerprint density at radius 2 is 2.11 bits per heavy atom. The molecule has 2 rings (SSSR count). The Balaban J connectivity index is 0.00000162. The normalized spacial score (nSPS) is 10.3. The number of nitrogens with one attached hydrogen (secondary N) is 1. The number of aromatic nitrogens is 3. The van der Waals surface area contributed by atoms with Crippen LogP contribution in [0, 0.1) is 0 Å². The molecule has 0 aliphatic heterocycles. The van der Waals surface area contributed by atoms with E-state index in [0.717, 1.165) is 12.2 Å². The minimum Gasteiger partial charge on any atom is -0.353 e. The van der Waals surface area contributed by atoms with Crippen molar-refractivity contribution in [1.29, 1.82) is 0 Å². The van der Waals surface area contributed by atoms with E-state index in [-0.39, 0.29) is 19.1 Å². The summed E-state index contributed by atoms with van der Waals surface area (Å²) in [4.78, 5) is 0. The van der Waals surface area contributed by atoms with Gasteiger partial charge in [0, 0.05) is 38.2 Å². The lowest BCUT2D eigenvalue weighted by Gasteiger charge is -2.04. The molecule has 0 radical (unpaired) electrons. The second-order valence-electron chi connectivity index (χ2n) is 3.97. The molecular formula is C12H18ClFN4. The second-order valence-corrected chi connectivity index (χ2v) is 3.97. The molecule has 2 aromatic rings. The highest BCUT2D eigenvalue weighted by Crippen LogP contribution is 2.00. The molecule has 0 bridgehead atoms. The van der Waals surface area contributed by atoms with Crippen molar-refractivity contribution in [2.45, 2.75) is 19.6 Å². The molecule has 0 fully saturated rings. The van der Waals surface area contributed by atoms with Crippen molar-refractivity contribution in [1.82, 2.24) is 19.7 Å². The average Bonchev–Trinajstić information content (AvgIpc) is 2.90. The van der Waals surface area contributed by atoms with E-state index in [0.29, 0.717) is 13.1 Å². The van der Waals surface area contributed by atoms with Crippen LogP contribution >= 0.6 is 12.4 Å². The topological polar surface area (TPSA) is 34.8 Å². The molecule has 2 aromatic heterocycles. The summed E-state index contributed by atoms with van der Waals surface area (Å²) in [5, 5.41) is 7.56. The van der Waals surface area contributed by atoms with Crippen molar-refractivity contribution >= 4 is 12.4 Å². The zero-order chi connectivity index (χ0) is 12.1. The van der Waals surface area contributed by atoms with E-state index in [1.165, 1.54) is 5.69 Å². The van der Waals surface area contributed by atoms with Gasteiger partial charge in [-0.05, 0) is 18.2 Å². The lowest BCUT2D eigenvalue weighted by Crippen LogP contribution is -2.15. The minimum atomic E-state index is -0.377. The van der Waals surface area contributed by atoms with Gasteiger partial charge in [-0.2, -0.15) is 5.10 Å². The fourth-order valence-corrected chi connectivity index (χ4v) is 1.71. The van der Waals surface area contributed by atoms with Crippen LogP contribution < -0.4 is 5.32 Å². The van der Waals surface area contributed by atoms with Crippen LogP contribution in [0.25, 0.3) is 0 Å². The van der Waals surface area contributed by atoms with Gasteiger partial charge in [0.15, 0.2) is 0 Å². The first-order chi connectivity index (χ1) is 8.29. The molecule has 0 aliphatic rings. The maximum Gasteiger partial charge on any atom is 0.109 e. The predicted octanol–water partition coefficient (Wildman–Crippen LogP) is 1.90. The number of aryl methyl sites for hydroxylation is 2. The number of rotatable bonds is 6. The SMILES string of the molecule is Cl.Cn1cccc1CNCc1ccn(CCF)n1. The molecule has 0 saturated carbocycles. The van der Waals surface area contributed by atoms with Crippen molar-refractivity contribution in [3.05, 3.63) is 42.0 Å². The van der Waals surface area contributed by atoms with Crippen molar-refractivity contribution in [3.8, 4) is 0 Å². The van der Waals surface area contributed by atoms with Crippen molar-refractivity contribution in [2.24, 2.45) is 7.05 Å². The van der Waals surface area contributed by atoms with Gasteiger partial charge in [0.2, 0.25) is 0 Å². The molecule has 6 heteroatoms. The quantitative estimate of drug-likeness (QED) is 0.872. The zero-order valence-electron chi connectivity index (χ0n) is 10.3. The Hall–Kier alpha value is -1.33. The fraction of sp³-hybridized carbons (Fsp3) is 0.417. The first kappa shape index (κ1) is 14.7. The molecule has 0 aromatic carbocycles. The van der Waals surface area contributed by atoms with Gasteiger partial charge in [0.25, 0.3) is 0 Å². The Bertz CT molecular complexity index is 466. The summed E-state index contributed by atoms with van der Waals surface area (Å²) < 4.78 is 15.8. The fourth-order valence-electron chi connectivity index (χ4n) is 1.71. The van der Waals surface area contributed by atoms with Gasteiger partial charge in [0.05, 0.1) is 12.2 Å². The van der Waals surface area contributed by atoms with E-state index < -0.39 is 0 Å². The molecule has 0 spiro atoms. The maximum absolute atomic E-state index is 12.1. The molecule has 0 unspecified atom stereocenters. The summed E-state index contributed by atoms with van der Waals surface area (Å²) >= 11 is 0. The summed E-state index contributed by atoms with van der Waals surface area (Å²) in [5.41, 5.74) is 2.17. The summed E-state index contributed by atoms with van der Waals surface area (Å²) in [5.74, 6) is 0. The highest BCUT2D eigenvalue weighted by Gasteiger charge is 2.00.